The average Bonchev–Trinajstić information content (AvgIpc) is 3.14. The number of hydrogen-bond donors (Lipinski definition) is 0. The lowest BCUT2D eigenvalue weighted by molar-refractivity contribution is -0.0500. The van der Waals surface area contributed by atoms with Crippen LogP contribution in [0.5, 0.6) is 5.75 Å². The van der Waals surface area contributed by atoms with E-state index in [0.29, 0.717) is 43.6 Å². The predicted molar refractivity (Wildman–Crippen MR) is 153 cm³/mol. The van der Waals surface area contributed by atoms with Gasteiger partial charge in [-0.25, -0.2) is 9.18 Å². The molecular weight excluding hydrogens is 547 g/mol. The largest absolute Gasteiger partial charge is 0.462 e. The van der Waals surface area contributed by atoms with Crippen LogP contribution in [-0.2, 0) is 22.5 Å². The molecule has 0 amide bonds. The first-order chi connectivity index (χ1) is 20.1. The number of carbonyl (C=O) groups excluding carboxylic acids is 1. The molecule has 0 spiro atoms. The van der Waals surface area contributed by atoms with Crippen LogP contribution in [0.3, 0.4) is 0 Å². The van der Waals surface area contributed by atoms with Crippen LogP contribution in [0.1, 0.15) is 72.4 Å². The van der Waals surface area contributed by atoms with E-state index in [-0.39, 0.29) is 35.6 Å². The molecule has 5 rings (SSSR count). The van der Waals surface area contributed by atoms with Gasteiger partial charge >= 0.3 is 12.6 Å². The first-order valence-electron chi connectivity index (χ1n) is 14.1. The maximum Gasteiger partial charge on any atom is 0.387 e. The molecule has 0 bridgehead atoms. The highest BCUT2D eigenvalue weighted by molar-refractivity contribution is 5.91. The second kappa shape index (κ2) is 12.2. The molecule has 0 radical (unpaired) electrons. The number of carbonyl (C=O) groups is 1. The summed E-state index contributed by atoms with van der Waals surface area (Å²) in [5.41, 5.74) is 0.822. The van der Waals surface area contributed by atoms with Crippen molar-refractivity contribution < 1.29 is 32.2 Å². The number of benzene rings is 2. The summed E-state index contributed by atoms with van der Waals surface area (Å²) >= 11 is 0. The van der Waals surface area contributed by atoms with Crippen LogP contribution >= 0.6 is 0 Å². The molecule has 42 heavy (non-hydrogen) atoms. The van der Waals surface area contributed by atoms with Crippen LogP contribution in [0.2, 0.25) is 0 Å². The number of rotatable bonds is 9. The Balaban J connectivity index is 1.62. The molecule has 2 atom stereocenters. The fourth-order valence-electron chi connectivity index (χ4n) is 6.09. The van der Waals surface area contributed by atoms with Crippen molar-refractivity contribution in [2.45, 2.75) is 59.3 Å². The summed E-state index contributed by atoms with van der Waals surface area (Å²) in [7, 11) is 0. The number of allylic oxidation sites excluding steroid dienone is 1. The molecule has 9 heteroatoms. The minimum Gasteiger partial charge on any atom is -0.462 e. The fraction of sp³-hybridized carbons (Fsp3) is 0.394. The Morgan fingerprint density at radius 2 is 1.88 bits per heavy atom. The molecule has 0 saturated heterocycles. The molecule has 2 aromatic carbocycles. The Kier molecular flexibility index (Phi) is 8.59. The minimum absolute atomic E-state index is 0.00939. The SMILES string of the molecule is CCOC(=O)c1cn2c(c(F)c1=O)C1=Cc3c(cccc3OC(F)F)CCC1CC2C(C)(C)COCc1ccccc1. The highest BCUT2D eigenvalue weighted by Gasteiger charge is 2.42. The summed E-state index contributed by atoms with van der Waals surface area (Å²) in [6.45, 7) is 3.36. The first kappa shape index (κ1) is 29.6. The standard InChI is InChI=1S/C33H34F3NO5/c1-4-41-31(39)25-17-37-27(33(2,3)19-40-18-20-9-6-5-7-10-20)15-22-14-13-21-11-8-12-26(42-32(35)36)23(21)16-24(22)29(37)28(34)30(25)38/h5-12,16-17,22,27,32H,4,13-15,18-19H2,1-3H3. The molecule has 1 aliphatic carbocycles. The second-order valence-corrected chi connectivity index (χ2v) is 11.4. The van der Waals surface area contributed by atoms with Crippen LogP contribution in [0.25, 0.3) is 11.6 Å². The number of hydrogen-bond acceptors (Lipinski definition) is 5. The summed E-state index contributed by atoms with van der Waals surface area (Å²) in [5.74, 6) is -2.16. The third-order valence-corrected chi connectivity index (χ3v) is 8.15. The third-order valence-electron chi connectivity index (χ3n) is 8.15. The molecule has 2 heterocycles. The van der Waals surface area contributed by atoms with Crippen LogP contribution in [0.4, 0.5) is 13.2 Å². The molecule has 2 unspecified atom stereocenters. The highest BCUT2D eigenvalue weighted by atomic mass is 19.3. The Hall–Kier alpha value is -3.85. The van der Waals surface area contributed by atoms with Crippen molar-refractivity contribution in [3.05, 3.63) is 98.7 Å². The number of alkyl halides is 2. The highest BCUT2D eigenvalue weighted by Crippen LogP contribution is 2.50. The lowest BCUT2D eigenvalue weighted by Crippen LogP contribution is -2.40. The van der Waals surface area contributed by atoms with Crippen molar-refractivity contribution in [3.63, 3.8) is 0 Å². The maximum absolute atomic E-state index is 16.2. The quantitative estimate of drug-likeness (QED) is 0.253. The third kappa shape index (κ3) is 5.88. The molecule has 1 aliphatic heterocycles. The van der Waals surface area contributed by atoms with Gasteiger partial charge in [0.05, 0.1) is 25.5 Å². The number of fused-ring (bicyclic) bond motifs is 4. The van der Waals surface area contributed by atoms with Gasteiger partial charge in [-0.05, 0) is 60.9 Å². The number of pyridine rings is 1. The Bertz CT molecular complexity index is 1550. The zero-order valence-corrected chi connectivity index (χ0v) is 23.9. The van der Waals surface area contributed by atoms with Gasteiger partial charge in [0.25, 0.3) is 0 Å². The predicted octanol–water partition coefficient (Wildman–Crippen LogP) is 7.06. The maximum atomic E-state index is 16.2. The van der Waals surface area contributed by atoms with Gasteiger partial charge in [0.15, 0.2) is 5.82 Å². The van der Waals surface area contributed by atoms with E-state index in [4.69, 9.17) is 14.2 Å². The van der Waals surface area contributed by atoms with E-state index in [9.17, 15) is 18.4 Å². The second-order valence-electron chi connectivity index (χ2n) is 11.4. The number of ether oxygens (including phenoxy) is 3. The fourth-order valence-corrected chi connectivity index (χ4v) is 6.09. The Labute approximate surface area is 242 Å². The van der Waals surface area contributed by atoms with Crippen LogP contribution in [-0.4, -0.2) is 30.4 Å². The number of halogens is 3. The number of aryl methyl sites for hydroxylation is 1. The summed E-state index contributed by atoms with van der Waals surface area (Å²) in [5, 5.41) is 0. The zero-order valence-electron chi connectivity index (χ0n) is 23.9. The lowest BCUT2D eigenvalue weighted by Gasteiger charge is -2.44. The number of aromatic nitrogens is 1. The first-order valence-corrected chi connectivity index (χ1v) is 14.1. The van der Waals surface area contributed by atoms with Gasteiger partial charge in [0.1, 0.15) is 11.3 Å². The summed E-state index contributed by atoms with van der Waals surface area (Å²) in [6.07, 6.45) is 4.78. The Morgan fingerprint density at radius 3 is 2.60 bits per heavy atom. The van der Waals surface area contributed by atoms with Crippen molar-refractivity contribution in [2.24, 2.45) is 11.3 Å². The van der Waals surface area contributed by atoms with E-state index in [1.165, 1.54) is 12.3 Å². The molecule has 2 aliphatic rings. The average molecular weight is 582 g/mol. The molecular formula is C33H34F3NO5. The van der Waals surface area contributed by atoms with Crippen LogP contribution < -0.4 is 10.2 Å². The van der Waals surface area contributed by atoms with Gasteiger partial charge in [0.2, 0.25) is 5.43 Å². The van der Waals surface area contributed by atoms with Gasteiger partial charge in [-0.15, -0.1) is 0 Å². The van der Waals surface area contributed by atoms with Crippen molar-refractivity contribution in [2.75, 3.05) is 13.2 Å². The lowest BCUT2D eigenvalue weighted by atomic mass is 9.73. The molecule has 6 nitrogen and oxygen atoms in total. The molecule has 0 saturated carbocycles. The number of esters is 1. The van der Waals surface area contributed by atoms with Crippen LogP contribution in [0, 0.1) is 17.2 Å². The molecule has 222 valence electrons. The summed E-state index contributed by atoms with van der Waals surface area (Å²) in [6, 6.07) is 14.3. The van der Waals surface area contributed by atoms with E-state index < -0.39 is 29.2 Å². The van der Waals surface area contributed by atoms with E-state index >= 15 is 4.39 Å². The summed E-state index contributed by atoms with van der Waals surface area (Å²) < 4.78 is 60.4. The summed E-state index contributed by atoms with van der Waals surface area (Å²) in [4.78, 5) is 25.9. The zero-order chi connectivity index (χ0) is 30.0. The van der Waals surface area contributed by atoms with Crippen molar-refractivity contribution in [3.8, 4) is 5.75 Å². The molecule has 0 N–H and O–H groups in total. The smallest absolute Gasteiger partial charge is 0.387 e. The van der Waals surface area contributed by atoms with Crippen molar-refractivity contribution >= 4 is 17.6 Å². The molecule has 0 fully saturated rings. The van der Waals surface area contributed by atoms with Gasteiger partial charge < -0.3 is 18.8 Å². The van der Waals surface area contributed by atoms with E-state index in [1.54, 1.807) is 23.6 Å². The normalized spacial score (nSPS) is 17.9. The molecule has 3 aromatic rings. The van der Waals surface area contributed by atoms with Gasteiger partial charge in [-0.1, -0.05) is 56.3 Å². The van der Waals surface area contributed by atoms with E-state index in [2.05, 4.69) is 0 Å². The van der Waals surface area contributed by atoms with Crippen molar-refractivity contribution in [1.29, 1.82) is 0 Å². The van der Waals surface area contributed by atoms with E-state index in [0.717, 1.165) is 11.1 Å². The minimum atomic E-state index is -3.03. The van der Waals surface area contributed by atoms with Gasteiger partial charge in [0, 0.05) is 23.2 Å². The van der Waals surface area contributed by atoms with Crippen molar-refractivity contribution in [1.82, 2.24) is 4.57 Å². The monoisotopic (exact) mass is 581 g/mol. The van der Waals surface area contributed by atoms with Gasteiger partial charge in [-0.2, -0.15) is 8.78 Å². The number of nitrogens with zero attached hydrogens (tertiary/aromatic N) is 1. The Morgan fingerprint density at radius 1 is 1.12 bits per heavy atom. The van der Waals surface area contributed by atoms with Crippen LogP contribution in [0.15, 0.2) is 59.5 Å². The topological polar surface area (TPSA) is 66.8 Å². The molecule has 1 aromatic heterocycles. The van der Waals surface area contributed by atoms with E-state index in [1.807, 2.05) is 50.2 Å². The van der Waals surface area contributed by atoms with Gasteiger partial charge in [-0.3, -0.25) is 4.79 Å².